The van der Waals surface area contributed by atoms with Gasteiger partial charge >= 0.3 is 12.1 Å². The SMILES string of the molecule is O=C(O)C(F)(F)F.c1cc2cc(-c3ccc([C@@H]4CNCCO4)cc3)cnc2[nH]1. The zero-order valence-electron chi connectivity index (χ0n) is 14.7. The molecular formula is C19H18F3N3O3. The van der Waals surface area contributed by atoms with Crippen molar-refractivity contribution < 1.29 is 27.8 Å². The molecule has 1 saturated heterocycles. The van der Waals surface area contributed by atoms with Gasteiger partial charge in [0.25, 0.3) is 0 Å². The normalized spacial score (nSPS) is 17.0. The first-order valence-electron chi connectivity index (χ1n) is 8.50. The third-order valence-corrected chi connectivity index (χ3v) is 4.19. The van der Waals surface area contributed by atoms with E-state index < -0.39 is 12.1 Å². The molecule has 1 aromatic carbocycles. The van der Waals surface area contributed by atoms with Crippen LogP contribution in [0.1, 0.15) is 11.7 Å². The van der Waals surface area contributed by atoms with Crippen LogP contribution in [0.15, 0.2) is 48.8 Å². The van der Waals surface area contributed by atoms with Crippen LogP contribution >= 0.6 is 0 Å². The number of carbonyl (C=O) groups is 1. The Hall–Kier alpha value is -2.91. The van der Waals surface area contributed by atoms with E-state index in [4.69, 9.17) is 14.6 Å². The van der Waals surface area contributed by atoms with Gasteiger partial charge in [0.05, 0.1) is 12.7 Å². The van der Waals surface area contributed by atoms with E-state index in [0.717, 1.165) is 36.3 Å². The van der Waals surface area contributed by atoms with E-state index >= 15 is 0 Å². The number of aromatic nitrogens is 2. The lowest BCUT2D eigenvalue weighted by molar-refractivity contribution is -0.192. The van der Waals surface area contributed by atoms with Crippen LogP contribution in [0.5, 0.6) is 0 Å². The van der Waals surface area contributed by atoms with Crippen LogP contribution in [0.4, 0.5) is 13.2 Å². The number of alkyl halides is 3. The van der Waals surface area contributed by atoms with E-state index in [0.29, 0.717) is 0 Å². The summed E-state index contributed by atoms with van der Waals surface area (Å²) in [6.45, 7) is 2.60. The number of H-pyrrole nitrogens is 1. The van der Waals surface area contributed by atoms with Gasteiger partial charge in [-0.3, -0.25) is 0 Å². The summed E-state index contributed by atoms with van der Waals surface area (Å²) < 4.78 is 37.5. The summed E-state index contributed by atoms with van der Waals surface area (Å²) in [5.41, 5.74) is 4.47. The number of pyridine rings is 1. The standard InChI is InChI=1S/C17H17N3O.C2HF3O2/c1-3-13(16-11-18-7-8-21-16)4-2-12(1)15-9-14-5-6-19-17(14)20-10-15;3-2(4,5)1(6)7/h1-6,9-10,16,18H,7-8,11H2,(H,19,20);(H,6,7)/t16-;/m0./s1. The monoisotopic (exact) mass is 393 g/mol. The maximum Gasteiger partial charge on any atom is 0.490 e. The summed E-state index contributed by atoms with van der Waals surface area (Å²) in [4.78, 5) is 16.5. The Bertz CT molecular complexity index is 933. The molecule has 3 aromatic rings. The topological polar surface area (TPSA) is 87.2 Å². The second-order valence-electron chi connectivity index (χ2n) is 6.13. The van der Waals surface area contributed by atoms with Crippen molar-refractivity contribution in [1.29, 1.82) is 0 Å². The van der Waals surface area contributed by atoms with Crippen LogP contribution < -0.4 is 5.32 Å². The molecule has 0 bridgehead atoms. The number of halogens is 3. The van der Waals surface area contributed by atoms with Gasteiger partial charge in [-0.2, -0.15) is 13.2 Å². The van der Waals surface area contributed by atoms with Crippen molar-refractivity contribution in [1.82, 2.24) is 15.3 Å². The van der Waals surface area contributed by atoms with Gasteiger partial charge < -0.3 is 20.1 Å². The van der Waals surface area contributed by atoms with Crippen molar-refractivity contribution in [3.63, 3.8) is 0 Å². The van der Waals surface area contributed by atoms with Gasteiger partial charge in [0.2, 0.25) is 0 Å². The quantitative estimate of drug-likeness (QED) is 0.620. The highest BCUT2D eigenvalue weighted by atomic mass is 19.4. The first-order valence-corrected chi connectivity index (χ1v) is 8.50. The highest BCUT2D eigenvalue weighted by molar-refractivity contribution is 5.81. The molecule has 1 fully saturated rings. The molecule has 0 spiro atoms. The number of morpholine rings is 1. The fourth-order valence-electron chi connectivity index (χ4n) is 2.77. The molecule has 0 unspecified atom stereocenters. The minimum Gasteiger partial charge on any atom is -0.475 e. The van der Waals surface area contributed by atoms with E-state index in [1.807, 2.05) is 18.5 Å². The predicted molar refractivity (Wildman–Crippen MR) is 96.8 cm³/mol. The van der Waals surface area contributed by atoms with Crippen LogP contribution in [0.2, 0.25) is 0 Å². The number of hydrogen-bond acceptors (Lipinski definition) is 4. The zero-order chi connectivity index (χ0) is 20.1. The molecule has 1 atom stereocenters. The van der Waals surface area contributed by atoms with Crippen molar-refractivity contribution >= 4 is 17.0 Å². The number of hydrogen-bond donors (Lipinski definition) is 3. The highest BCUT2D eigenvalue weighted by Gasteiger charge is 2.38. The molecule has 9 heteroatoms. The zero-order valence-corrected chi connectivity index (χ0v) is 14.7. The van der Waals surface area contributed by atoms with Crippen LogP contribution in [0.3, 0.4) is 0 Å². The van der Waals surface area contributed by atoms with E-state index in [1.165, 1.54) is 11.1 Å². The maximum absolute atomic E-state index is 10.6. The van der Waals surface area contributed by atoms with Crippen LogP contribution in [0.25, 0.3) is 22.2 Å². The van der Waals surface area contributed by atoms with Crippen molar-refractivity contribution in [2.45, 2.75) is 12.3 Å². The Kier molecular flexibility index (Phi) is 5.96. The lowest BCUT2D eigenvalue weighted by Crippen LogP contribution is -2.33. The number of aromatic amines is 1. The van der Waals surface area contributed by atoms with Crippen molar-refractivity contribution in [2.24, 2.45) is 0 Å². The van der Waals surface area contributed by atoms with Crippen LogP contribution in [0, 0.1) is 0 Å². The Labute approximate surface area is 158 Å². The molecule has 28 heavy (non-hydrogen) atoms. The van der Waals surface area contributed by atoms with Gasteiger partial charge in [0, 0.05) is 36.4 Å². The summed E-state index contributed by atoms with van der Waals surface area (Å²) in [5.74, 6) is -2.76. The second-order valence-corrected chi connectivity index (χ2v) is 6.13. The number of carboxylic acid groups (broad SMARTS) is 1. The molecule has 0 saturated carbocycles. The lowest BCUT2D eigenvalue weighted by Gasteiger charge is -2.24. The fourth-order valence-corrected chi connectivity index (χ4v) is 2.77. The average molecular weight is 393 g/mol. The van der Waals surface area contributed by atoms with Crippen molar-refractivity contribution in [3.8, 4) is 11.1 Å². The molecule has 0 amide bonds. The Morgan fingerprint density at radius 2 is 1.89 bits per heavy atom. The second kappa shape index (κ2) is 8.41. The van der Waals surface area contributed by atoms with Crippen molar-refractivity contribution in [3.05, 3.63) is 54.4 Å². The summed E-state index contributed by atoms with van der Waals surface area (Å²) in [6, 6.07) is 12.8. The molecular weight excluding hydrogens is 375 g/mol. The summed E-state index contributed by atoms with van der Waals surface area (Å²) in [6.07, 6.45) is -1.09. The maximum atomic E-state index is 10.6. The minimum absolute atomic E-state index is 0.165. The molecule has 1 aliphatic rings. The molecule has 2 aromatic heterocycles. The Balaban J connectivity index is 0.000000279. The van der Waals surface area contributed by atoms with Gasteiger partial charge in [-0.1, -0.05) is 24.3 Å². The predicted octanol–water partition coefficient (Wildman–Crippen LogP) is 3.52. The highest BCUT2D eigenvalue weighted by Crippen LogP contribution is 2.25. The van der Waals surface area contributed by atoms with E-state index in [1.54, 1.807) is 0 Å². The van der Waals surface area contributed by atoms with Crippen molar-refractivity contribution in [2.75, 3.05) is 19.7 Å². The number of carboxylic acids is 1. The molecule has 148 valence electrons. The number of ether oxygens (including phenoxy) is 1. The summed E-state index contributed by atoms with van der Waals surface area (Å²) in [7, 11) is 0. The number of fused-ring (bicyclic) bond motifs is 1. The number of benzene rings is 1. The third-order valence-electron chi connectivity index (χ3n) is 4.19. The first kappa shape index (κ1) is 19.8. The molecule has 6 nitrogen and oxygen atoms in total. The van der Waals surface area contributed by atoms with Gasteiger partial charge in [0.1, 0.15) is 5.65 Å². The molecule has 1 aliphatic heterocycles. The van der Waals surface area contributed by atoms with E-state index in [9.17, 15) is 13.2 Å². The summed E-state index contributed by atoms with van der Waals surface area (Å²) in [5, 5.41) is 11.6. The number of aliphatic carboxylic acids is 1. The lowest BCUT2D eigenvalue weighted by atomic mass is 10.0. The fraction of sp³-hybridized carbons (Fsp3) is 0.263. The number of nitrogens with one attached hydrogen (secondary N) is 2. The van der Waals surface area contributed by atoms with E-state index in [-0.39, 0.29) is 6.10 Å². The molecule has 0 radical (unpaired) electrons. The van der Waals surface area contributed by atoms with Gasteiger partial charge in [0.15, 0.2) is 0 Å². The Morgan fingerprint density at radius 1 is 1.18 bits per heavy atom. The minimum atomic E-state index is -5.08. The average Bonchev–Trinajstić information content (AvgIpc) is 3.16. The van der Waals surface area contributed by atoms with E-state index in [2.05, 4.69) is 45.6 Å². The number of nitrogens with zero attached hydrogens (tertiary/aromatic N) is 1. The third kappa shape index (κ3) is 4.87. The molecule has 0 aliphatic carbocycles. The molecule has 3 N–H and O–H groups in total. The molecule has 4 rings (SSSR count). The summed E-state index contributed by atoms with van der Waals surface area (Å²) >= 11 is 0. The van der Waals surface area contributed by atoms with Gasteiger partial charge in [-0.25, -0.2) is 9.78 Å². The van der Waals surface area contributed by atoms with Crippen LogP contribution in [-0.4, -0.2) is 46.9 Å². The molecule has 3 heterocycles. The Morgan fingerprint density at radius 3 is 2.50 bits per heavy atom. The largest absolute Gasteiger partial charge is 0.490 e. The first-order chi connectivity index (χ1) is 13.3. The van der Waals surface area contributed by atoms with Gasteiger partial charge in [-0.15, -0.1) is 0 Å². The smallest absolute Gasteiger partial charge is 0.475 e. The van der Waals surface area contributed by atoms with Crippen LogP contribution in [-0.2, 0) is 9.53 Å². The van der Waals surface area contributed by atoms with Gasteiger partial charge in [-0.05, 0) is 23.3 Å². The number of rotatable bonds is 2.